The minimum atomic E-state index is -0.104. The Bertz CT molecular complexity index is 4260. The zero-order valence-corrected chi connectivity index (χ0v) is 48.0. The molecule has 14 rings (SSSR count). The first-order valence-corrected chi connectivity index (χ1v) is 28.6. The normalized spacial score (nSPS) is 13.7. The average Bonchev–Trinajstić information content (AvgIpc) is 2.97. The molecule has 0 N–H and O–H groups in total. The Labute approximate surface area is 467 Å². The molecule has 0 spiro atoms. The van der Waals surface area contributed by atoms with E-state index in [-0.39, 0.29) is 28.4 Å². The smallest absolute Gasteiger partial charge is 0.252 e. The van der Waals surface area contributed by atoms with Crippen LogP contribution in [0.1, 0.15) is 105 Å². The van der Waals surface area contributed by atoms with E-state index in [0.717, 1.165) is 0 Å². The lowest BCUT2D eigenvalue weighted by atomic mass is 9.33. The number of nitrogens with zero attached hydrogens (tertiary/aromatic N) is 2. The van der Waals surface area contributed by atoms with Gasteiger partial charge in [-0.3, -0.25) is 0 Å². The summed E-state index contributed by atoms with van der Waals surface area (Å²) >= 11 is 0. The quantitative estimate of drug-likeness (QED) is 0.129. The summed E-state index contributed by atoms with van der Waals surface area (Å²) in [6.07, 6.45) is 0. The van der Waals surface area contributed by atoms with Gasteiger partial charge in [-0.2, -0.15) is 0 Å². The Kier molecular flexibility index (Phi) is 10.7. The molecule has 0 amide bonds. The van der Waals surface area contributed by atoms with E-state index >= 15 is 0 Å². The third-order valence-electron chi connectivity index (χ3n) is 17.7. The second-order valence-corrected chi connectivity index (χ2v) is 27.1. The van der Waals surface area contributed by atoms with Crippen LogP contribution in [0.4, 0.5) is 34.1 Å². The highest BCUT2D eigenvalue weighted by molar-refractivity contribution is 7.00. The van der Waals surface area contributed by atoms with Gasteiger partial charge in [0, 0.05) is 34.1 Å². The molecule has 79 heavy (non-hydrogen) atoms. The van der Waals surface area contributed by atoms with Gasteiger partial charge in [0.15, 0.2) is 0 Å². The standard InChI is InChI=1S/C76H69BN2/c1-73(2,3)52-38-53(74(4,5)6)41-56(40-52)78-68-44-64-49(30-28-46-20-14-17-24-59(46)64)34-66(68)77-67-35-50-31-29-47-21-15-18-25-60(47)65(50)45-69(67)79(57-42-54(75(7,8)9)39-55(43-57)76(10,11)12)71-37-51(36-70(78)72(71)77)61-26-19-27-62-58-23-16-13-22-48(58)32-33-63(61)62/h13-45H,1-12H3. The summed E-state index contributed by atoms with van der Waals surface area (Å²) in [5, 5.41) is 15.1. The molecule has 0 unspecified atom stereocenters. The monoisotopic (exact) mass is 1020 g/mol. The lowest BCUT2D eigenvalue weighted by Crippen LogP contribution is -2.61. The van der Waals surface area contributed by atoms with Crippen molar-refractivity contribution in [3.63, 3.8) is 0 Å². The van der Waals surface area contributed by atoms with E-state index in [9.17, 15) is 0 Å². The lowest BCUT2D eigenvalue weighted by Gasteiger charge is -2.45. The van der Waals surface area contributed by atoms with Gasteiger partial charge in [-0.15, -0.1) is 0 Å². The molecule has 12 aromatic carbocycles. The molecule has 0 aliphatic carbocycles. The Morgan fingerprint density at radius 1 is 0.278 bits per heavy atom. The van der Waals surface area contributed by atoms with Gasteiger partial charge in [-0.05, 0) is 185 Å². The fraction of sp³-hybridized carbons (Fsp3) is 0.211. The van der Waals surface area contributed by atoms with Gasteiger partial charge in [0.05, 0.1) is 0 Å². The van der Waals surface area contributed by atoms with Gasteiger partial charge >= 0.3 is 0 Å². The van der Waals surface area contributed by atoms with E-state index in [1.165, 1.54) is 149 Å². The summed E-state index contributed by atoms with van der Waals surface area (Å²) in [5.41, 5.74) is 18.5. The van der Waals surface area contributed by atoms with Crippen LogP contribution in [-0.2, 0) is 21.7 Å². The fourth-order valence-electron chi connectivity index (χ4n) is 13.2. The van der Waals surface area contributed by atoms with E-state index in [1.807, 2.05) is 0 Å². The molecular weight excluding hydrogens is 952 g/mol. The van der Waals surface area contributed by atoms with Crippen LogP contribution in [0.5, 0.6) is 0 Å². The molecule has 2 nitrogen and oxygen atoms in total. The molecule has 2 aliphatic heterocycles. The predicted octanol–water partition coefficient (Wildman–Crippen LogP) is 19.5. The minimum Gasteiger partial charge on any atom is -0.311 e. The molecule has 0 fully saturated rings. The van der Waals surface area contributed by atoms with Gasteiger partial charge in [0.25, 0.3) is 6.71 Å². The highest BCUT2D eigenvalue weighted by atomic mass is 15.2. The van der Waals surface area contributed by atoms with Gasteiger partial charge in [-0.1, -0.05) is 235 Å². The molecule has 0 radical (unpaired) electrons. The number of hydrogen-bond donors (Lipinski definition) is 0. The van der Waals surface area contributed by atoms with Crippen LogP contribution in [0.2, 0.25) is 0 Å². The SMILES string of the molecule is CC(C)(C)c1cc(N2c3cc4c(ccc5ccccc54)cc3B3c4cc5ccc6ccccc6c5cc4N(c4cc(C(C)(C)C)cc(C(C)(C)C)c4)c4cc(-c5cccc6c5ccc5ccccc56)cc2c43)cc(C(C)(C)C)c1. The molecular formula is C76H69BN2. The van der Waals surface area contributed by atoms with Crippen LogP contribution in [0.25, 0.3) is 75.8 Å². The fourth-order valence-corrected chi connectivity index (χ4v) is 13.2. The number of anilines is 6. The van der Waals surface area contributed by atoms with Crippen LogP contribution in [0, 0.1) is 0 Å². The van der Waals surface area contributed by atoms with Crippen molar-refractivity contribution < 1.29 is 0 Å². The molecule has 0 aromatic heterocycles. The summed E-state index contributed by atoms with van der Waals surface area (Å²) in [6, 6.07) is 78.0. The summed E-state index contributed by atoms with van der Waals surface area (Å²) in [5.74, 6) is 0. The van der Waals surface area contributed by atoms with E-state index < -0.39 is 0 Å². The molecule has 0 saturated heterocycles. The summed E-state index contributed by atoms with van der Waals surface area (Å²) in [4.78, 5) is 5.37. The van der Waals surface area contributed by atoms with Crippen molar-refractivity contribution in [2.75, 3.05) is 9.80 Å². The third kappa shape index (κ3) is 7.90. The maximum atomic E-state index is 2.68. The van der Waals surface area contributed by atoms with Crippen LogP contribution in [-0.4, -0.2) is 6.71 Å². The maximum Gasteiger partial charge on any atom is 0.252 e. The first kappa shape index (κ1) is 49.2. The number of rotatable bonds is 3. The predicted molar refractivity (Wildman–Crippen MR) is 346 cm³/mol. The van der Waals surface area contributed by atoms with Crippen molar-refractivity contribution in [2.45, 2.75) is 105 Å². The van der Waals surface area contributed by atoms with E-state index in [1.54, 1.807) is 0 Å². The number of benzene rings is 12. The largest absolute Gasteiger partial charge is 0.311 e. The van der Waals surface area contributed by atoms with Crippen molar-refractivity contribution in [3.05, 3.63) is 222 Å². The Morgan fingerprint density at radius 3 is 1.06 bits per heavy atom. The first-order valence-electron chi connectivity index (χ1n) is 28.6. The van der Waals surface area contributed by atoms with Gasteiger partial charge in [0.2, 0.25) is 0 Å². The van der Waals surface area contributed by atoms with Crippen molar-refractivity contribution in [1.82, 2.24) is 0 Å². The maximum absolute atomic E-state index is 2.68. The lowest BCUT2D eigenvalue weighted by molar-refractivity contribution is 0.568. The third-order valence-corrected chi connectivity index (χ3v) is 17.7. The molecule has 12 aromatic rings. The Balaban J connectivity index is 1.19. The van der Waals surface area contributed by atoms with Crippen molar-refractivity contribution in [3.8, 4) is 11.1 Å². The van der Waals surface area contributed by atoms with Crippen LogP contribution < -0.4 is 26.2 Å². The van der Waals surface area contributed by atoms with Crippen molar-refractivity contribution in [2.24, 2.45) is 0 Å². The van der Waals surface area contributed by atoms with Crippen molar-refractivity contribution >= 4 is 122 Å². The van der Waals surface area contributed by atoms with Gasteiger partial charge in [0.1, 0.15) is 0 Å². The Hall–Kier alpha value is -8.14. The van der Waals surface area contributed by atoms with Crippen LogP contribution >= 0.6 is 0 Å². The Morgan fingerprint density at radius 2 is 0.646 bits per heavy atom. The topological polar surface area (TPSA) is 6.48 Å². The number of hydrogen-bond acceptors (Lipinski definition) is 2. The summed E-state index contributed by atoms with van der Waals surface area (Å²) in [6.45, 7) is 28.3. The minimum absolute atomic E-state index is 0.0967. The van der Waals surface area contributed by atoms with Crippen LogP contribution in [0.15, 0.2) is 200 Å². The zero-order valence-electron chi connectivity index (χ0n) is 48.0. The van der Waals surface area contributed by atoms with E-state index in [2.05, 4.69) is 293 Å². The summed E-state index contributed by atoms with van der Waals surface area (Å²) in [7, 11) is 0. The molecule has 3 heteroatoms. The molecule has 0 bridgehead atoms. The highest BCUT2D eigenvalue weighted by Crippen LogP contribution is 2.51. The second kappa shape index (κ2) is 17.2. The van der Waals surface area contributed by atoms with Gasteiger partial charge < -0.3 is 9.80 Å². The first-order chi connectivity index (χ1) is 37.7. The van der Waals surface area contributed by atoms with E-state index in [4.69, 9.17) is 0 Å². The second-order valence-electron chi connectivity index (χ2n) is 27.1. The number of fused-ring (bicyclic) bond motifs is 13. The zero-order chi connectivity index (χ0) is 54.7. The van der Waals surface area contributed by atoms with Crippen molar-refractivity contribution in [1.29, 1.82) is 0 Å². The van der Waals surface area contributed by atoms with E-state index in [0.29, 0.717) is 0 Å². The molecule has 0 atom stereocenters. The van der Waals surface area contributed by atoms with Crippen LogP contribution in [0.3, 0.4) is 0 Å². The molecule has 2 heterocycles. The molecule has 386 valence electrons. The molecule has 2 aliphatic rings. The molecule has 0 saturated carbocycles. The van der Waals surface area contributed by atoms with Gasteiger partial charge in [-0.25, -0.2) is 0 Å². The average molecular weight is 1020 g/mol. The summed E-state index contributed by atoms with van der Waals surface area (Å²) < 4.78 is 0. The highest BCUT2D eigenvalue weighted by Gasteiger charge is 2.45.